The zero-order valence-electron chi connectivity index (χ0n) is 14.1. The van der Waals surface area contributed by atoms with Gasteiger partial charge in [0.15, 0.2) is 0 Å². The van der Waals surface area contributed by atoms with Gasteiger partial charge in [-0.05, 0) is 30.3 Å². The molecule has 0 radical (unpaired) electrons. The molecule has 0 atom stereocenters. The Hall–Kier alpha value is -2.37. The lowest BCUT2D eigenvalue weighted by molar-refractivity contribution is -0.106. The SMILES string of the molecule is CN=C(c1ccc(Cl)cc1N(C=O)c1ccccc1)N1CCOCC1. The van der Waals surface area contributed by atoms with Crippen molar-refractivity contribution in [3.63, 3.8) is 0 Å². The van der Waals surface area contributed by atoms with E-state index in [2.05, 4.69) is 9.89 Å². The van der Waals surface area contributed by atoms with E-state index >= 15 is 0 Å². The molecule has 0 aliphatic carbocycles. The van der Waals surface area contributed by atoms with Gasteiger partial charge in [0, 0.05) is 36.4 Å². The van der Waals surface area contributed by atoms with Crippen molar-refractivity contribution in [3.8, 4) is 0 Å². The molecule has 0 bridgehead atoms. The maximum absolute atomic E-state index is 11.9. The summed E-state index contributed by atoms with van der Waals surface area (Å²) in [5.41, 5.74) is 2.35. The van der Waals surface area contributed by atoms with Gasteiger partial charge in [0.1, 0.15) is 5.84 Å². The van der Waals surface area contributed by atoms with Gasteiger partial charge in [0.05, 0.1) is 18.9 Å². The molecule has 0 saturated carbocycles. The third-order valence-electron chi connectivity index (χ3n) is 4.12. The van der Waals surface area contributed by atoms with Crippen LogP contribution in [0.15, 0.2) is 53.5 Å². The number of carbonyl (C=O) groups excluding carboxylic acids is 1. The second-order valence-electron chi connectivity index (χ2n) is 5.62. The largest absolute Gasteiger partial charge is 0.378 e. The minimum atomic E-state index is 0.568. The first-order valence-electron chi connectivity index (χ1n) is 8.13. The van der Waals surface area contributed by atoms with Crippen molar-refractivity contribution in [2.75, 3.05) is 38.3 Å². The third kappa shape index (κ3) is 3.83. The van der Waals surface area contributed by atoms with Crippen LogP contribution in [0, 0.1) is 0 Å². The van der Waals surface area contributed by atoms with E-state index in [1.807, 2.05) is 42.5 Å². The lowest BCUT2D eigenvalue weighted by Gasteiger charge is -2.31. The van der Waals surface area contributed by atoms with Gasteiger partial charge < -0.3 is 9.64 Å². The quantitative estimate of drug-likeness (QED) is 0.479. The Bertz CT molecular complexity index is 759. The number of carbonyl (C=O) groups is 1. The van der Waals surface area contributed by atoms with Crippen LogP contribution in [0.25, 0.3) is 0 Å². The molecule has 5 nitrogen and oxygen atoms in total. The topological polar surface area (TPSA) is 45.1 Å². The van der Waals surface area contributed by atoms with Gasteiger partial charge in [-0.2, -0.15) is 0 Å². The van der Waals surface area contributed by atoms with Crippen LogP contribution in [-0.4, -0.2) is 50.5 Å². The van der Waals surface area contributed by atoms with E-state index in [-0.39, 0.29) is 0 Å². The van der Waals surface area contributed by atoms with Gasteiger partial charge >= 0.3 is 0 Å². The van der Waals surface area contributed by atoms with E-state index in [1.165, 1.54) is 0 Å². The molecule has 3 rings (SSSR count). The highest BCUT2D eigenvalue weighted by Gasteiger charge is 2.22. The molecule has 0 spiro atoms. The number of para-hydroxylation sites is 1. The van der Waals surface area contributed by atoms with Crippen LogP contribution in [0.5, 0.6) is 0 Å². The van der Waals surface area contributed by atoms with Crippen LogP contribution in [-0.2, 0) is 9.53 Å². The number of benzene rings is 2. The predicted octanol–water partition coefficient (Wildman–Crippen LogP) is 3.34. The summed E-state index contributed by atoms with van der Waals surface area (Å²) in [6.45, 7) is 2.86. The first-order chi connectivity index (χ1) is 12.2. The molecule has 6 heteroatoms. The van der Waals surface area contributed by atoms with Crippen LogP contribution in [0.4, 0.5) is 11.4 Å². The van der Waals surface area contributed by atoms with Crippen LogP contribution in [0.3, 0.4) is 0 Å². The smallest absolute Gasteiger partial charge is 0.218 e. The Kier molecular flexibility index (Phi) is 5.68. The van der Waals surface area contributed by atoms with Gasteiger partial charge in [-0.1, -0.05) is 29.8 Å². The molecule has 2 aromatic carbocycles. The van der Waals surface area contributed by atoms with E-state index in [9.17, 15) is 4.79 Å². The molecule has 1 fully saturated rings. The van der Waals surface area contributed by atoms with Gasteiger partial charge in [-0.15, -0.1) is 0 Å². The summed E-state index contributed by atoms with van der Waals surface area (Å²) in [6.07, 6.45) is 0.803. The second-order valence-corrected chi connectivity index (χ2v) is 6.06. The predicted molar refractivity (Wildman–Crippen MR) is 101 cm³/mol. The summed E-state index contributed by atoms with van der Waals surface area (Å²) in [7, 11) is 1.76. The van der Waals surface area contributed by atoms with E-state index in [0.29, 0.717) is 23.9 Å². The van der Waals surface area contributed by atoms with Crippen molar-refractivity contribution in [1.82, 2.24) is 4.90 Å². The van der Waals surface area contributed by atoms with Crippen molar-refractivity contribution in [3.05, 3.63) is 59.1 Å². The Morgan fingerprint density at radius 3 is 2.56 bits per heavy atom. The van der Waals surface area contributed by atoms with E-state index in [4.69, 9.17) is 16.3 Å². The zero-order valence-corrected chi connectivity index (χ0v) is 14.8. The van der Waals surface area contributed by atoms with Crippen LogP contribution >= 0.6 is 11.6 Å². The number of hydrogen-bond acceptors (Lipinski definition) is 3. The lowest BCUT2D eigenvalue weighted by atomic mass is 10.1. The van der Waals surface area contributed by atoms with E-state index in [0.717, 1.165) is 36.6 Å². The maximum Gasteiger partial charge on any atom is 0.218 e. The average Bonchev–Trinajstić information content (AvgIpc) is 2.66. The Morgan fingerprint density at radius 1 is 1.20 bits per heavy atom. The summed E-state index contributed by atoms with van der Waals surface area (Å²) in [6, 6.07) is 15.0. The molecular formula is C19H20ClN3O2. The molecule has 1 heterocycles. The van der Waals surface area contributed by atoms with Crippen molar-refractivity contribution in [2.24, 2.45) is 4.99 Å². The number of rotatable bonds is 4. The molecular weight excluding hydrogens is 338 g/mol. The molecule has 0 aromatic heterocycles. The van der Waals surface area contributed by atoms with Crippen LogP contribution < -0.4 is 4.90 Å². The summed E-state index contributed by atoms with van der Waals surface area (Å²) in [5.74, 6) is 0.831. The molecule has 1 saturated heterocycles. The number of anilines is 2. The standard InChI is InChI=1S/C19H20ClN3O2/c1-21-19(22-9-11-25-12-10-22)17-8-7-15(20)13-18(17)23(14-24)16-5-3-2-4-6-16/h2-8,13-14H,9-12H2,1H3. The first kappa shape index (κ1) is 17.5. The maximum atomic E-state index is 11.9. The molecule has 2 aromatic rings. The average molecular weight is 358 g/mol. The Morgan fingerprint density at radius 2 is 1.92 bits per heavy atom. The van der Waals surface area contributed by atoms with E-state index < -0.39 is 0 Å². The number of hydrogen-bond donors (Lipinski definition) is 0. The number of amides is 1. The Labute approximate surface area is 152 Å². The summed E-state index contributed by atoms with van der Waals surface area (Å²) < 4.78 is 5.43. The number of ether oxygens (including phenoxy) is 1. The summed E-state index contributed by atoms with van der Waals surface area (Å²) >= 11 is 6.22. The highest BCUT2D eigenvalue weighted by molar-refractivity contribution is 6.31. The first-order valence-corrected chi connectivity index (χ1v) is 8.51. The fourth-order valence-corrected chi connectivity index (χ4v) is 3.11. The third-order valence-corrected chi connectivity index (χ3v) is 4.36. The highest BCUT2D eigenvalue weighted by Crippen LogP contribution is 2.31. The minimum Gasteiger partial charge on any atom is -0.378 e. The van der Waals surface area contributed by atoms with Crippen molar-refractivity contribution >= 4 is 35.2 Å². The molecule has 130 valence electrons. The molecule has 0 unspecified atom stereocenters. The Balaban J connectivity index is 2.07. The highest BCUT2D eigenvalue weighted by atomic mass is 35.5. The molecule has 0 N–H and O–H groups in total. The second kappa shape index (κ2) is 8.14. The van der Waals surface area contributed by atoms with Crippen molar-refractivity contribution in [1.29, 1.82) is 0 Å². The number of morpholine rings is 1. The van der Waals surface area contributed by atoms with Crippen molar-refractivity contribution in [2.45, 2.75) is 0 Å². The normalized spacial score (nSPS) is 15.1. The lowest BCUT2D eigenvalue weighted by Crippen LogP contribution is -2.41. The number of amidine groups is 1. The molecule has 1 aliphatic rings. The fraction of sp³-hybridized carbons (Fsp3) is 0.263. The number of aliphatic imine (C=N–C) groups is 1. The van der Waals surface area contributed by atoms with Gasteiger partial charge in [0.25, 0.3) is 0 Å². The molecule has 1 aliphatic heterocycles. The molecule has 1 amide bonds. The van der Waals surface area contributed by atoms with Gasteiger partial charge in [0.2, 0.25) is 6.41 Å². The van der Waals surface area contributed by atoms with Crippen LogP contribution in [0.2, 0.25) is 5.02 Å². The fourth-order valence-electron chi connectivity index (χ4n) is 2.95. The minimum absolute atomic E-state index is 0.568. The zero-order chi connectivity index (χ0) is 17.6. The molecule has 25 heavy (non-hydrogen) atoms. The van der Waals surface area contributed by atoms with Crippen molar-refractivity contribution < 1.29 is 9.53 Å². The van der Waals surface area contributed by atoms with Gasteiger partial charge in [-0.3, -0.25) is 14.7 Å². The van der Waals surface area contributed by atoms with Gasteiger partial charge in [-0.25, -0.2) is 0 Å². The summed E-state index contributed by atoms with van der Waals surface area (Å²) in [5, 5.41) is 0.568. The van der Waals surface area contributed by atoms with E-state index in [1.54, 1.807) is 18.0 Å². The number of nitrogens with zero attached hydrogens (tertiary/aromatic N) is 3. The number of halogens is 1. The summed E-state index contributed by atoms with van der Waals surface area (Å²) in [4.78, 5) is 20.1. The van der Waals surface area contributed by atoms with Crippen LogP contribution in [0.1, 0.15) is 5.56 Å². The monoisotopic (exact) mass is 357 g/mol.